The smallest absolute Gasteiger partial charge is 0.303 e. The van der Waals surface area contributed by atoms with Crippen molar-refractivity contribution in [2.24, 2.45) is 0 Å². The molecule has 0 saturated heterocycles. The Morgan fingerprint density at radius 1 is 1.42 bits per heavy atom. The number of methoxy groups -OCH3 is 1. The molecular formula is C15H19BrO3. The lowest BCUT2D eigenvalue weighted by molar-refractivity contribution is -0.136. The van der Waals surface area contributed by atoms with Crippen molar-refractivity contribution in [2.45, 2.75) is 44.4 Å². The number of hydrogen-bond donors (Lipinski definition) is 1. The summed E-state index contributed by atoms with van der Waals surface area (Å²) in [6, 6.07) is 4.10. The summed E-state index contributed by atoms with van der Waals surface area (Å²) in [6.07, 6.45) is 5.67. The summed E-state index contributed by atoms with van der Waals surface area (Å²) in [4.78, 5) is 10.7. The highest BCUT2D eigenvalue weighted by atomic mass is 79.9. The lowest BCUT2D eigenvalue weighted by Crippen LogP contribution is -2.02. The largest absolute Gasteiger partial charge is 0.495 e. The predicted molar refractivity (Wildman–Crippen MR) is 77.9 cm³/mol. The van der Waals surface area contributed by atoms with Gasteiger partial charge in [0.25, 0.3) is 0 Å². The number of aliphatic carboxylic acids is 1. The van der Waals surface area contributed by atoms with E-state index in [0.29, 0.717) is 12.3 Å². The summed E-state index contributed by atoms with van der Waals surface area (Å²) in [5, 5.41) is 8.79. The van der Waals surface area contributed by atoms with Gasteiger partial charge in [-0.25, -0.2) is 0 Å². The minimum atomic E-state index is -0.755. The lowest BCUT2D eigenvalue weighted by atomic mass is 9.94. The van der Waals surface area contributed by atoms with Gasteiger partial charge in [0.15, 0.2) is 0 Å². The van der Waals surface area contributed by atoms with Crippen LogP contribution in [0, 0.1) is 0 Å². The van der Waals surface area contributed by atoms with E-state index in [1.165, 1.54) is 31.2 Å². The molecule has 0 spiro atoms. The van der Waals surface area contributed by atoms with Crippen molar-refractivity contribution >= 4 is 21.9 Å². The summed E-state index contributed by atoms with van der Waals surface area (Å²) in [6.45, 7) is 0. The fraction of sp³-hybridized carbons (Fsp3) is 0.533. The number of aryl methyl sites for hydroxylation is 1. The molecule has 19 heavy (non-hydrogen) atoms. The van der Waals surface area contributed by atoms with Crippen molar-refractivity contribution in [3.05, 3.63) is 27.7 Å². The van der Waals surface area contributed by atoms with Crippen LogP contribution >= 0.6 is 15.9 Å². The number of carbonyl (C=O) groups is 1. The predicted octanol–water partition coefficient (Wildman–Crippen LogP) is 4.13. The molecule has 104 valence electrons. The van der Waals surface area contributed by atoms with Crippen LogP contribution in [0.5, 0.6) is 5.75 Å². The number of hydrogen-bond acceptors (Lipinski definition) is 2. The average molecular weight is 327 g/mol. The fourth-order valence-electron chi connectivity index (χ4n) is 2.82. The minimum absolute atomic E-state index is 0.170. The van der Waals surface area contributed by atoms with E-state index in [9.17, 15) is 4.79 Å². The van der Waals surface area contributed by atoms with Gasteiger partial charge < -0.3 is 9.84 Å². The molecule has 0 heterocycles. The molecule has 1 aromatic rings. The van der Waals surface area contributed by atoms with Gasteiger partial charge in [0, 0.05) is 6.42 Å². The number of carboxylic acid groups (broad SMARTS) is 1. The van der Waals surface area contributed by atoms with Gasteiger partial charge in [0.1, 0.15) is 5.75 Å². The SMILES string of the molecule is COc1c(Br)cc(CCC(=O)O)cc1C1CCCC1. The molecule has 3 nitrogen and oxygen atoms in total. The van der Waals surface area contributed by atoms with E-state index in [2.05, 4.69) is 22.0 Å². The second-order valence-electron chi connectivity index (χ2n) is 5.08. The van der Waals surface area contributed by atoms with Crippen LogP contribution in [0.25, 0.3) is 0 Å². The van der Waals surface area contributed by atoms with Crippen molar-refractivity contribution in [1.82, 2.24) is 0 Å². The molecule has 1 aromatic carbocycles. The highest BCUT2D eigenvalue weighted by molar-refractivity contribution is 9.10. The van der Waals surface area contributed by atoms with Crippen molar-refractivity contribution in [3.8, 4) is 5.75 Å². The molecule has 0 bridgehead atoms. The van der Waals surface area contributed by atoms with Crippen LogP contribution in [0.4, 0.5) is 0 Å². The highest BCUT2D eigenvalue weighted by Crippen LogP contribution is 2.42. The molecular weight excluding hydrogens is 308 g/mol. The van der Waals surface area contributed by atoms with E-state index < -0.39 is 5.97 Å². The first-order chi connectivity index (χ1) is 9.11. The fourth-order valence-corrected chi connectivity index (χ4v) is 3.51. The van der Waals surface area contributed by atoms with Gasteiger partial charge in [-0.1, -0.05) is 18.9 Å². The van der Waals surface area contributed by atoms with Gasteiger partial charge >= 0.3 is 5.97 Å². The van der Waals surface area contributed by atoms with Gasteiger partial charge in [-0.3, -0.25) is 4.79 Å². The van der Waals surface area contributed by atoms with E-state index in [1.54, 1.807) is 7.11 Å². The van der Waals surface area contributed by atoms with Crippen molar-refractivity contribution in [1.29, 1.82) is 0 Å². The Labute approximate surface area is 122 Å². The third kappa shape index (κ3) is 3.50. The van der Waals surface area contributed by atoms with Crippen molar-refractivity contribution in [3.63, 3.8) is 0 Å². The van der Waals surface area contributed by atoms with E-state index in [0.717, 1.165) is 15.8 Å². The van der Waals surface area contributed by atoms with Gasteiger partial charge in [-0.05, 0) is 58.3 Å². The highest BCUT2D eigenvalue weighted by Gasteiger charge is 2.22. The third-order valence-electron chi connectivity index (χ3n) is 3.76. The molecule has 0 aliphatic heterocycles. The van der Waals surface area contributed by atoms with Crippen LogP contribution in [0.1, 0.15) is 49.1 Å². The van der Waals surface area contributed by atoms with Crippen molar-refractivity contribution in [2.75, 3.05) is 7.11 Å². The van der Waals surface area contributed by atoms with Gasteiger partial charge in [-0.2, -0.15) is 0 Å². The Kier molecular flexibility index (Phi) is 4.86. The Morgan fingerprint density at radius 3 is 2.68 bits per heavy atom. The van der Waals surface area contributed by atoms with Crippen LogP contribution in [0.15, 0.2) is 16.6 Å². The molecule has 1 fully saturated rings. The zero-order valence-electron chi connectivity index (χ0n) is 11.1. The summed E-state index contributed by atoms with van der Waals surface area (Å²) >= 11 is 3.54. The van der Waals surface area contributed by atoms with E-state index >= 15 is 0 Å². The number of benzene rings is 1. The zero-order chi connectivity index (χ0) is 13.8. The topological polar surface area (TPSA) is 46.5 Å². The first-order valence-corrected chi connectivity index (χ1v) is 7.49. The zero-order valence-corrected chi connectivity index (χ0v) is 12.7. The van der Waals surface area contributed by atoms with Gasteiger partial charge in [0.2, 0.25) is 0 Å². The van der Waals surface area contributed by atoms with E-state index in [4.69, 9.17) is 9.84 Å². The lowest BCUT2D eigenvalue weighted by Gasteiger charge is -2.17. The number of halogens is 1. The molecule has 2 rings (SSSR count). The quantitative estimate of drug-likeness (QED) is 0.884. The summed E-state index contributed by atoms with van der Waals surface area (Å²) < 4.78 is 6.44. The van der Waals surface area contributed by atoms with Crippen molar-refractivity contribution < 1.29 is 14.6 Å². The molecule has 1 aliphatic carbocycles. The average Bonchev–Trinajstić information content (AvgIpc) is 2.89. The maximum Gasteiger partial charge on any atom is 0.303 e. The maximum absolute atomic E-state index is 10.7. The Bertz CT molecular complexity index is 465. The monoisotopic (exact) mass is 326 g/mol. The number of ether oxygens (including phenoxy) is 1. The standard InChI is InChI=1S/C15H19BrO3/c1-19-15-12(11-4-2-3-5-11)8-10(9-13(15)16)6-7-14(17)18/h8-9,11H,2-7H2,1H3,(H,17,18). The number of carboxylic acids is 1. The normalized spacial score (nSPS) is 15.7. The molecule has 0 radical (unpaired) electrons. The molecule has 4 heteroatoms. The summed E-state index contributed by atoms with van der Waals surface area (Å²) in [5.74, 6) is 0.705. The first-order valence-electron chi connectivity index (χ1n) is 6.70. The number of rotatable bonds is 5. The van der Waals surface area contributed by atoms with Crippen LogP contribution in [0.3, 0.4) is 0 Å². The van der Waals surface area contributed by atoms with E-state index in [-0.39, 0.29) is 6.42 Å². The molecule has 0 amide bonds. The molecule has 1 aliphatic rings. The molecule has 1 saturated carbocycles. The molecule has 0 unspecified atom stereocenters. The van der Waals surface area contributed by atoms with Crippen LogP contribution in [-0.4, -0.2) is 18.2 Å². The van der Waals surface area contributed by atoms with E-state index in [1.807, 2.05) is 6.07 Å². The first kappa shape index (κ1) is 14.4. The second-order valence-corrected chi connectivity index (χ2v) is 5.93. The van der Waals surface area contributed by atoms with Crippen LogP contribution in [0.2, 0.25) is 0 Å². The van der Waals surface area contributed by atoms with Crippen LogP contribution in [-0.2, 0) is 11.2 Å². The Balaban J connectivity index is 2.29. The summed E-state index contributed by atoms with van der Waals surface area (Å²) in [5.41, 5.74) is 2.30. The molecule has 0 aromatic heterocycles. The Hall–Kier alpha value is -1.03. The minimum Gasteiger partial charge on any atom is -0.495 e. The van der Waals surface area contributed by atoms with Gasteiger partial charge in [0.05, 0.1) is 11.6 Å². The maximum atomic E-state index is 10.7. The Morgan fingerprint density at radius 2 is 2.11 bits per heavy atom. The molecule has 1 N–H and O–H groups in total. The van der Waals surface area contributed by atoms with Gasteiger partial charge in [-0.15, -0.1) is 0 Å². The summed E-state index contributed by atoms with van der Waals surface area (Å²) in [7, 11) is 1.69. The molecule has 0 atom stereocenters. The third-order valence-corrected chi connectivity index (χ3v) is 4.35. The second kappa shape index (κ2) is 6.42. The van der Waals surface area contributed by atoms with Crippen LogP contribution < -0.4 is 4.74 Å².